The molecule has 0 heterocycles. The summed E-state index contributed by atoms with van der Waals surface area (Å²) in [6, 6.07) is 15.5. The van der Waals surface area contributed by atoms with Gasteiger partial charge in [0.15, 0.2) is 0 Å². The van der Waals surface area contributed by atoms with Crippen molar-refractivity contribution in [2.75, 3.05) is 12.4 Å². The number of anilines is 1. The maximum Gasteiger partial charge on any atom is 0.143 e. The molecule has 0 aromatic heterocycles. The van der Waals surface area contributed by atoms with E-state index in [1.165, 1.54) is 5.56 Å². The zero-order valence-corrected chi connectivity index (χ0v) is 12.1. The first-order valence-corrected chi connectivity index (χ1v) is 6.58. The molecular weight excluding hydrogens is 304 g/mol. The lowest BCUT2D eigenvalue weighted by Crippen LogP contribution is -2.01. The minimum Gasteiger partial charge on any atom is -0.495 e. The van der Waals surface area contributed by atoms with Gasteiger partial charge in [0.25, 0.3) is 0 Å². The third-order valence-electron chi connectivity index (χ3n) is 2.70. The number of hydrogen-bond acceptors (Lipinski definition) is 3. The van der Waals surface area contributed by atoms with Crippen LogP contribution in [0.15, 0.2) is 46.9 Å². The van der Waals surface area contributed by atoms with Crippen LogP contribution in [0.2, 0.25) is 0 Å². The summed E-state index contributed by atoms with van der Waals surface area (Å²) in [5.74, 6) is 0.675. The number of ether oxygens (including phenoxy) is 1. The van der Waals surface area contributed by atoms with E-state index in [2.05, 4.69) is 33.4 Å². The minimum absolute atomic E-state index is 0.588. The molecule has 0 amide bonds. The zero-order valence-electron chi connectivity index (χ0n) is 10.5. The van der Waals surface area contributed by atoms with Gasteiger partial charge in [-0.1, -0.05) is 28.1 Å². The third-order valence-corrected chi connectivity index (χ3v) is 3.20. The van der Waals surface area contributed by atoms with Crippen LogP contribution in [0.1, 0.15) is 11.1 Å². The van der Waals surface area contributed by atoms with Crippen molar-refractivity contribution in [2.45, 2.75) is 6.54 Å². The molecule has 0 aliphatic heterocycles. The van der Waals surface area contributed by atoms with E-state index in [1.807, 2.05) is 24.3 Å². The molecule has 0 unspecified atom stereocenters. The molecule has 0 saturated carbocycles. The number of nitrogens with zero attached hydrogens (tertiary/aromatic N) is 1. The molecule has 0 fully saturated rings. The van der Waals surface area contributed by atoms with Crippen LogP contribution >= 0.6 is 15.9 Å². The summed E-state index contributed by atoms with van der Waals surface area (Å²) >= 11 is 3.45. The van der Waals surface area contributed by atoms with E-state index >= 15 is 0 Å². The Morgan fingerprint density at radius 2 is 2.11 bits per heavy atom. The van der Waals surface area contributed by atoms with E-state index in [0.29, 0.717) is 17.9 Å². The lowest BCUT2D eigenvalue weighted by Gasteiger charge is -2.11. The fourth-order valence-corrected chi connectivity index (χ4v) is 2.20. The highest BCUT2D eigenvalue weighted by Gasteiger charge is 2.04. The highest BCUT2D eigenvalue weighted by molar-refractivity contribution is 9.10. The molecule has 0 saturated heterocycles. The molecule has 2 aromatic carbocycles. The number of methoxy groups -OCH3 is 1. The van der Waals surface area contributed by atoms with E-state index in [0.717, 1.165) is 10.2 Å². The second-order valence-corrected chi connectivity index (χ2v) is 4.93. The number of nitriles is 1. The molecule has 2 rings (SSSR count). The molecule has 96 valence electrons. The van der Waals surface area contributed by atoms with E-state index in [1.54, 1.807) is 19.2 Å². The van der Waals surface area contributed by atoms with Crippen LogP contribution in [0.5, 0.6) is 5.75 Å². The van der Waals surface area contributed by atoms with Gasteiger partial charge in [-0.15, -0.1) is 0 Å². The molecule has 0 aliphatic rings. The van der Waals surface area contributed by atoms with Crippen molar-refractivity contribution in [1.29, 1.82) is 5.26 Å². The lowest BCUT2D eigenvalue weighted by molar-refractivity contribution is 0.416. The van der Waals surface area contributed by atoms with Crippen molar-refractivity contribution in [3.05, 3.63) is 58.1 Å². The third kappa shape index (κ3) is 3.49. The molecule has 0 aliphatic carbocycles. The van der Waals surface area contributed by atoms with Gasteiger partial charge in [0.05, 0.1) is 24.4 Å². The quantitative estimate of drug-likeness (QED) is 0.929. The Labute approximate surface area is 121 Å². The van der Waals surface area contributed by atoms with Crippen LogP contribution in [0, 0.1) is 11.3 Å². The van der Waals surface area contributed by atoms with Crippen molar-refractivity contribution in [3.63, 3.8) is 0 Å². The van der Waals surface area contributed by atoms with Crippen LogP contribution in [0.25, 0.3) is 0 Å². The summed E-state index contributed by atoms with van der Waals surface area (Å²) in [6.07, 6.45) is 0. The van der Waals surface area contributed by atoms with Gasteiger partial charge >= 0.3 is 0 Å². The smallest absolute Gasteiger partial charge is 0.143 e. The van der Waals surface area contributed by atoms with Crippen molar-refractivity contribution in [1.82, 2.24) is 0 Å². The van der Waals surface area contributed by atoms with Crippen molar-refractivity contribution < 1.29 is 4.74 Å². The Kier molecular flexibility index (Phi) is 4.43. The van der Waals surface area contributed by atoms with E-state index < -0.39 is 0 Å². The molecule has 0 spiro atoms. The van der Waals surface area contributed by atoms with Gasteiger partial charge in [0.2, 0.25) is 0 Å². The Hall–Kier alpha value is -1.99. The van der Waals surface area contributed by atoms with E-state index in [-0.39, 0.29) is 0 Å². The molecular formula is C15H13BrN2O. The topological polar surface area (TPSA) is 45.0 Å². The van der Waals surface area contributed by atoms with Crippen LogP contribution in [-0.4, -0.2) is 7.11 Å². The van der Waals surface area contributed by atoms with Gasteiger partial charge in [-0.3, -0.25) is 0 Å². The van der Waals surface area contributed by atoms with Gasteiger partial charge < -0.3 is 10.1 Å². The first kappa shape index (κ1) is 13.4. The Bertz CT molecular complexity index is 620. The fraction of sp³-hybridized carbons (Fsp3) is 0.133. The van der Waals surface area contributed by atoms with Crippen LogP contribution in [0.4, 0.5) is 5.69 Å². The number of nitrogens with one attached hydrogen (secondary N) is 1. The first-order chi connectivity index (χ1) is 9.22. The van der Waals surface area contributed by atoms with Crippen LogP contribution < -0.4 is 10.1 Å². The highest BCUT2D eigenvalue weighted by atomic mass is 79.9. The number of benzene rings is 2. The Morgan fingerprint density at radius 3 is 2.79 bits per heavy atom. The van der Waals surface area contributed by atoms with Gasteiger partial charge in [0.1, 0.15) is 5.75 Å². The minimum atomic E-state index is 0.588. The SMILES string of the molecule is COc1cc(C#N)ccc1NCc1cccc(Br)c1. The number of rotatable bonds is 4. The average molecular weight is 317 g/mol. The molecule has 4 heteroatoms. The maximum absolute atomic E-state index is 8.86. The first-order valence-electron chi connectivity index (χ1n) is 5.79. The normalized spacial score (nSPS) is 9.74. The second-order valence-electron chi connectivity index (χ2n) is 4.01. The summed E-state index contributed by atoms with van der Waals surface area (Å²) in [4.78, 5) is 0. The predicted molar refractivity (Wildman–Crippen MR) is 79.2 cm³/mol. The lowest BCUT2D eigenvalue weighted by atomic mass is 10.2. The van der Waals surface area contributed by atoms with Crippen LogP contribution in [0.3, 0.4) is 0 Å². The molecule has 1 N–H and O–H groups in total. The van der Waals surface area contributed by atoms with Crippen LogP contribution in [-0.2, 0) is 6.54 Å². The molecule has 3 nitrogen and oxygen atoms in total. The fourth-order valence-electron chi connectivity index (χ4n) is 1.75. The zero-order chi connectivity index (χ0) is 13.7. The van der Waals surface area contributed by atoms with E-state index in [4.69, 9.17) is 10.00 Å². The highest BCUT2D eigenvalue weighted by Crippen LogP contribution is 2.26. The summed E-state index contributed by atoms with van der Waals surface area (Å²) in [6.45, 7) is 0.696. The average Bonchev–Trinajstić information content (AvgIpc) is 2.45. The number of hydrogen-bond donors (Lipinski definition) is 1. The van der Waals surface area contributed by atoms with Gasteiger partial charge in [-0.25, -0.2) is 0 Å². The van der Waals surface area contributed by atoms with Crippen molar-refractivity contribution in [3.8, 4) is 11.8 Å². The van der Waals surface area contributed by atoms with Crippen molar-refractivity contribution >= 4 is 21.6 Å². The largest absolute Gasteiger partial charge is 0.495 e. The van der Waals surface area contributed by atoms with Gasteiger partial charge in [-0.05, 0) is 29.8 Å². The summed E-state index contributed by atoms with van der Waals surface area (Å²) in [5.41, 5.74) is 2.63. The van der Waals surface area contributed by atoms with Gasteiger partial charge in [0, 0.05) is 17.1 Å². The summed E-state index contributed by atoms with van der Waals surface area (Å²) in [7, 11) is 1.60. The molecule has 0 bridgehead atoms. The maximum atomic E-state index is 8.86. The molecule has 0 atom stereocenters. The van der Waals surface area contributed by atoms with E-state index in [9.17, 15) is 0 Å². The van der Waals surface area contributed by atoms with Gasteiger partial charge in [-0.2, -0.15) is 5.26 Å². The molecule has 0 radical (unpaired) electrons. The molecule has 19 heavy (non-hydrogen) atoms. The predicted octanol–water partition coefficient (Wildman–Crippen LogP) is 3.94. The standard InChI is InChI=1S/C15H13BrN2O/c1-19-15-8-11(9-17)5-6-14(15)18-10-12-3-2-4-13(16)7-12/h2-8,18H,10H2,1H3. The summed E-state index contributed by atoms with van der Waals surface area (Å²) < 4.78 is 6.33. The Balaban J connectivity index is 2.13. The molecule has 2 aromatic rings. The number of halogens is 1. The van der Waals surface area contributed by atoms with Crippen molar-refractivity contribution in [2.24, 2.45) is 0 Å². The summed E-state index contributed by atoms with van der Waals surface area (Å²) in [5, 5.41) is 12.2. The second kappa shape index (κ2) is 6.26. The Morgan fingerprint density at radius 1 is 1.26 bits per heavy atom. The monoisotopic (exact) mass is 316 g/mol.